The summed E-state index contributed by atoms with van der Waals surface area (Å²) in [6.07, 6.45) is 4.33. The second-order valence-electron chi connectivity index (χ2n) is 19.5. The molecule has 2 aromatic heterocycles. The van der Waals surface area contributed by atoms with Crippen molar-refractivity contribution in [3.05, 3.63) is 170 Å². The number of hydrogen-bond acceptors (Lipinski definition) is 4. The van der Waals surface area contributed by atoms with Gasteiger partial charge in [-0.3, -0.25) is 19.0 Å². The van der Waals surface area contributed by atoms with Crippen LogP contribution < -0.4 is 16.0 Å². The summed E-state index contributed by atoms with van der Waals surface area (Å²) in [7, 11) is 0. The van der Waals surface area contributed by atoms with Gasteiger partial charge in [0.2, 0.25) is 0 Å². The molecular weight excluding hydrogens is 803 g/mol. The number of pyridine rings is 2. The number of carboxylic acids is 1. The summed E-state index contributed by atoms with van der Waals surface area (Å²) in [5, 5.41) is 13.8. The molecule has 1 unspecified atom stereocenters. The molecule has 0 saturated carbocycles. The normalized spacial score (nSPS) is 14.8. The number of carbonyl (C=O) groups is 1. The Bertz CT molecular complexity index is 3430. The van der Waals surface area contributed by atoms with E-state index in [2.05, 4.69) is 154 Å². The van der Waals surface area contributed by atoms with E-state index in [-0.39, 0.29) is 10.8 Å². The number of hydrogen-bond donors (Lipinski definition) is 1. The van der Waals surface area contributed by atoms with Crippen LogP contribution in [-0.2, 0) is 28.7 Å². The highest BCUT2D eigenvalue weighted by atomic mass is 16.4. The Balaban J connectivity index is 1.18. The Labute approximate surface area is 378 Å². The van der Waals surface area contributed by atoms with Gasteiger partial charge < -0.3 is 14.6 Å². The van der Waals surface area contributed by atoms with Crippen LogP contribution in [0.2, 0.25) is 0 Å². The molecule has 7 nitrogen and oxygen atoms in total. The predicted molar refractivity (Wildman–Crippen MR) is 267 cm³/mol. The van der Waals surface area contributed by atoms with Crippen molar-refractivity contribution in [2.45, 2.75) is 91.1 Å². The van der Waals surface area contributed by atoms with Gasteiger partial charge in [-0.05, 0) is 117 Å². The van der Waals surface area contributed by atoms with Crippen LogP contribution in [0, 0.1) is 5.92 Å². The van der Waals surface area contributed by atoms with E-state index in [1.165, 1.54) is 44.5 Å². The minimum atomic E-state index is -1.23. The van der Waals surface area contributed by atoms with Crippen LogP contribution in [0.15, 0.2) is 137 Å². The number of anilines is 3. The van der Waals surface area contributed by atoms with Gasteiger partial charge in [0.1, 0.15) is 6.54 Å². The Morgan fingerprint density at radius 1 is 0.569 bits per heavy atom. The Morgan fingerprint density at radius 3 is 1.65 bits per heavy atom. The van der Waals surface area contributed by atoms with Crippen LogP contribution in [0.25, 0.3) is 65.6 Å². The summed E-state index contributed by atoms with van der Waals surface area (Å²) >= 11 is 0. The highest BCUT2D eigenvalue weighted by Crippen LogP contribution is 2.53. The lowest BCUT2D eigenvalue weighted by molar-refractivity contribution is -0.137. The molecule has 0 spiro atoms. The third-order valence-corrected chi connectivity index (χ3v) is 15.1. The van der Waals surface area contributed by atoms with Crippen LogP contribution in [0.3, 0.4) is 0 Å². The fraction of sp³-hybridized carbons (Fsp3) is 0.259. The third-order valence-electron chi connectivity index (χ3n) is 15.1. The van der Waals surface area contributed by atoms with Crippen LogP contribution in [0.1, 0.15) is 89.5 Å². The first-order valence-electron chi connectivity index (χ1n) is 23.2. The number of fused-ring (bicyclic) bond motifs is 8. The molecule has 1 N–H and O–H groups in total. The van der Waals surface area contributed by atoms with Gasteiger partial charge in [0.15, 0.2) is 0 Å². The number of nitrogens with zero attached hydrogens (tertiary/aromatic N) is 3. The van der Waals surface area contributed by atoms with Gasteiger partial charge in [-0.25, -0.2) is 0 Å². The first kappa shape index (κ1) is 40.8. The number of carboxylic acid groups (broad SMARTS) is 1. The summed E-state index contributed by atoms with van der Waals surface area (Å²) in [6.45, 7) is 13.9. The zero-order chi connectivity index (χ0) is 45.1. The van der Waals surface area contributed by atoms with Gasteiger partial charge in [-0.15, -0.1) is 0 Å². The van der Waals surface area contributed by atoms with Gasteiger partial charge in [0.25, 0.3) is 11.1 Å². The number of rotatable bonds is 11. The minimum absolute atomic E-state index is 0.189. The van der Waals surface area contributed by atoms with Gasteiger partial charge in [0.05, 0.1) is 5.52 Å². The molecule has 0 radical (unpaired) electrons. The van der Waals surface area contributed by atoms with Crippen LogP contribution >= 0.6 is 0 Å². The summed E-state index contributed by atoms with van der Waals surface area (Å²) in [5.74, 6) is -0.837. The molecule has 9 aromatic rings. The van der Waals surface area contributed by atoms with E-state index in [4.69, 9.17) is 0 Å². The quantitative estimate of drug-likeness (QED) is 0.103. The second-order valence-corrected chi connectivity index (χ2v) is 19.5. The van der Waals surface area contributed by atoms with Gasteiger partial charge in [-0.2, -0.15) is 0 Å². The van der Waals surface area contributed by atoms with Crippen molar-refractivity contribution in [2.75, 3.05) is 4.90 Å². The largest absolute Gasteiger partial charge is 0.480 e. The summed E-state index contributed by atoms with van der Waals surface area (Å²) < 4.78 is 3.28. The molecule has 2 heterocycles. The smallest absolute Gasteiger partial charge is 0.323 e. The Morgan fingerprint density at radius 2 is 1.08 bits per heavy atom. The van der Waals surface area contributed by atoms with Crippen molar-refractivity contribution in [1.29, 1.82) is 0 Å². The zero-order valence-corrected chi connectivity index (χ0v) is 38.0. The second kappa shape index (κ2) is 14.8. The molecule has 1 atom stereocenters. The van der Waals surface area contributed by atoms with Gasteiger partial charge in [-0.1, -0.05) is 134 Å². The standard InChI is InChI=1S/C58H53N3O4/c1-7-9-14-34(8-2)32-59-50-28-27-45-53-44(55(64)60(56(45)65)33-52(62)63)26-25-43(54(50)53)42-24-21-37(31-51(42)59)61(35-19-22-40-38-15-10-12-17-46(38)57(3,4)48(40)29-35)36-20-23-41-39-16-11-13-18-47(39)58(5,6)49(41)30-36/h10-13,15-31,34H,7-9,14,32-33H2,1-6H3,(H,62,63). The van der Waals surface area contributed by atoms with Crippen molar-refractivity contribution in [1.82, 2.24) is 9.13 Å². The third kappa shape index (κ3) is 5.97. The molecule has 0 aliphatic heterocycles. The molecule has 0 amide bonds. The van der Waals surface area contributed by atoms with Crippen LogP contribution in [0.4, 0.5) is 17.1 Å². The molecule has 0 bridgehead atoms. The average molecular weight is 856 g/mol. The minimum Gasteiger partial charge on any atom is -0.480 e. The fourth-order valence-corrected chi connectivity index (χ4v) is 11.7. The molecule has 0 saturated heterocycles. The number of aliphatic carboxylic acids is 1. The monoisotopic (exact) mass is 855 g/mol. The summed E-state index contributed by atoms with van der Waals surface area (Å²) in [4.78, 5) is 42.1. The van der Waals surface area contributed by atoms with Crippen molar-refractivity contribution in [3.8, 4) is 22.3 Å². The van der Waals surface area contributed by atoms with Gasteiger partial charge >= 0.3 is 5.97 Å². The lowest BCUT2D eigenvalue weighted by Crippen LogP contribution is -2.35. The Kier molecular flexibility index (Phi) is 9.27. The van der Waals surface area contributed by atoms with E-state index in [0.717, 1.165) is 81.0 Å². The molecule has 7 heteroatoms. The van der Waals surface area contributed by atoms with Crippen molar-refractivity contribution in [3.63, 3.8) is 0 Å². The highest BCUT2D eigenvalue weighted by molar-refractivity contribution is 6.27. The van der Waals surface area contributed by atoms with Crippen molar-refractivity contribution < 1.29 is 9.90 Å². The highest BCUT2D eigenvalue weighted by Gasteiger charge is 2.38. The molecule has 65 heavy (non-hydrogen) atoms. The van der Waals surface area contributed by atoms with E-state index >= 15 is 0 Å². The maximum absolute atomic E-state index is 13.9. The molecule has 2 aliphatic rings. The molecule has 2 aliphatic carbocycles. The van der Waals surface area contributed by atoms with E-state index in [1.807, 2.05) is 12.1 Å². The lowest BCUT2D eigenvalue weighted by atomic mass is 9.82. The molecule has 11 rings (SSSR count). The molecule has 7 aromatic carbocycles. The van der Waals surface area contributed by atoms with E-state index < -0.39 is 23.6 Å². The first-order chi connectivity index (χ1) is 31.3. The van der Waals surface area contributed by atoms with Crippen molar-refractivity contribution >= 4 is 66.4 Å². The van der Waals surface area contributed by atoms with E-state index in [9.17, 15) is 19.5 Å². The number of unbranched alkanes of at least 4 members (excludes halogenated alkanes) is 1. The number of aromatic nitrogens is 2. The maximum Gasteiger partial charge on any atom is 0.323 e. The lowest BCUT2D eigenvalue weighted by Gasteiger charge is -2.30. The summed E-state index contributed by atoms with van der Waals surface area (Å²) in [6, 6.07) is 45.9. The predicted octanol–water partition coefficient (Wildman–Crippen LogP) is 13.4. The maximum atomic E-state index is 13.9. The number of benzene rings is 7. The average Bonchev–Trinajstić information content (AvgIpc) is 3.68. The molecule has 0 fully saturated rings. The fourth-order valence-electron chi connectivity index (χ4n) is 11.7. The molecular formula is C58H53N3O4. The molecule has 324 valence electrons. The SMILES string of the molecule is CCCCC(CC)Cn1c2cc(N(c3ccc4c(c3)C(C)(C)c3ccccc3-4)c3ccc4c(c3)C(C)(C)c3ccccc3-4)ccc2c2ccc3c(=O)n(CC(=O)O)c(=O)c4ccc1c2c34. The van der Waals surface area contributed by atoms with E-state index in [1.54, 1.807) is 12.1 Å². The van der Waals surface area contributed by atoms with Crippen LogP contribution in [0.5, 0.6) is 0 Å². The van der Waals surface area contributed by atoms with Crippen LogP contribution in [-0.4, -0.2) is 20.2 Å². The Hall–Kier alpha value is -6.99. The first-order valence-corrected chi connectivity index (χ1v) is 23.2. The summed E-state index contributed by atoms with van der Waals surface area (Å²) in [5.41, 5.74) is 14.1. The van der Waals surface area contributed by atoms with Gasteiger partial charge in [0, 0.05) is 66.9 Å². The zero-order valence-electron chi connectivity index (χ0n) is 38.0. The van der Waals surface area contributed by atoms with E-state index in [0.29, 0.717) is 22.1 Å². The topological polar surface area (TPSA) is 84.5 Å². The van der Waals surface area contributed by atoms with Crippen molar-refractivity contribution in [2.24, 2.45) is 5.92 Å².